The molecular weight excluding hydrogens is 202 g/mol. The van der Waals surface area contributed by atoms with Gasteiger partial charge < -0.3 is 0 Å². The second-order valence-electron chi connectivity index (χ2n) is 2.93. The van der Waals surface area contributed by atoms with Crippen molar-refractivity contribution in [2.24, 2.45) is 0 Å². The predicted molar refractivity (Wildman–Crippen MR) is 48.9 cm³/mol. The molecular formula is C10H6F2N2O. The van der Waals surface area contributed by atoms with Gasteiger partial charge in [0.25, 0.3) is 0 Å². The number of carbonyl (C=O) groups excluding carboxylic acids is 1. The van der Waals surface area contributed by atoms with Gasteiger partial charge in [-0.1, -0.05) is 0 Å². The number of carbonyl (C=O) groups is 1. The highest BCUT2D eigenvalue weighted by Crippen LogP contribution is 2.12. The van der Waals surface area contributed by atoms with Crippen LogP contribution in [0.1, 0.15) is 10.4 Å². The number of hydrogen-bond acceptors (Lipinski definition) is 2. The number of aromatic nitrogens is 2. The summed E-state index contributed by atoms with van der Waals surface area (Å²) in [5.41, 5.74) is 0.738. The summed E-state index contributed by atoms with van der Waals surface area (Å²) in [7, 11) is 0. The molecule has 0 aliphatic carbocycles. The van der Waals surface area contributed by atoms with Crippen LogP contribution in [0.2, 0.25) is 0 Å². The van der Waals surface area contributed by atoms with Crippen molar-refractivity contribution >= 4 is 6.29 Å². The van der Waals surface area contributed by atoms with Crippen LogP contribution >= 0.6 is 0 Å². The van der Waals surface area contributed by atoms with Crippen molar-refractivity contribution in [3.05, 3.63) is 47.8 Å². The van der Waals surface area contributed by atoms with Crippen LogP contribution in [-0.4, -0.2) is 16.1 Å². The van der Waals surface area contributed by atoms with Gasteiger partial charge >= 0.3 is 0 Å². The first-order chi connectivity index (χ1) is 7.20. The number of rotatable bonds is 2. The molecule has 2 rings (SSSR count). The smallest absolute Gasteiger partial charge is 0.160 e. The molecule has 0 saturated heterocycles. The van der Waals surface area contributed by atoms with Gasteiger partial charge in [0.2, 0.25) is 0 Å². The Balaban J connectivity index is 2.44. The van der Waals surface area contributed by atoms with E-state index in [1.165, 1.54) is 23.1 Å². The zero-order valence-electron chi connectivity index (χ0n) is 7.52. The molecule has 0 amide bonds. The SMILES string of the molecule is O=Cc1cnn(-c2ccc(F)c(F)c2)c1. The van der Waals surface area contributed by atoms with Crippen molar-refractivity contribution in [1.29, 1.82) is 0 Å². The van der Waals surface area contributed by atoms with Crippen molar-refractivity contribution in [2.45, 2.75) is 0 Å². The summed E-state index contributed by atoms with van der Waals surface area (Å²) in [6, 6.07) is 3.39. The zero-order chi connectivity index (χ0) is 10.8. The summed E-state index contributed by atoms with van der Waals surface area (Å²) in [5, 5.41) is 3.82. The Labute approximate surface area is 84.0 Å². The highest BCUT2D eigenvalue weighted by molar-refractivity contribution is 5.73. The lowest BCUT2D eigenvalue weighted by Crippen LogP contribution is -1.96. The number of hydrogen-bond donors (Lipinski definition) is 0. The standard InChI is InChI=1S/C10H6F2N2O/c11-9-2-1-8(3-10(9)12)14-5-7(6-15)4-13-14/h1-6H. The average molecular weight is 208 g/mol. The maximum absolute atomic E-state index is 12.9. The minimum Gasteiger partial charge on any atom is -0.298 e. The molecule has 1 aromatic heterocycles. The third kappa shape index (κ3) is 1.76. The Morgan fingerprint density at radius 2 is 2.07 bits per heavy atom. The number of benzene rings is 1. The normalized spacial score (nSPS) is 10.3. The van der Waals surface area contributed by atoms with Crippen molar-refractivity contribution in [3.63, 3.8) is 0 Å². The first kappa shape index (κ1) is 9.51. The van der Waals surface area contributed by atoms with Crippen LogP contribution in [-0.2, 0) is 0 Å². The zero-order valence-corrected chi connectivity index (χ0v) is 7.52. The predicted octanol–water partition coefficient (Wildman–Crippen LogP) is 1.96. The van der Waals surface area contributed by atoms with E-state index in [0.29, 0.717) is 17.5 Å². The van der Waals surface area contributed by atoms with Crippen molar-refractivity contribution in [1.82, 2.24) is 9.78 Å². The van der Waals surface area contributed by atoms with Crippen LogP contribution < -0.4 is 0 Å². The quantitative estimate of drug-likeness (QED) is 0.707. The van der Waals surface area contributed by atoms with Gasteiger partial charge in [0.05, 0.1) is 17.4 Å². The lowest BCUT2D eigenvalue weighted by atomic mass is 10.3. The molecule has 0 radical (unpaired) electrons. The van der Waals surface area contributed by atoms with Gasteiger partial charge in [-0.2, -0.15) is 5.10 Å². The van der Waals surface area contributed by atoms with E-state index >= 15 is 0 Å². The van der Waals surface area contributed by atoms with E-state index in [4.69, 9.17) is 0 Å². The highest BCUT2D eigenvalue weighted by atomic mass is 19.2. The van der Waals surface area contributed by atoms with E-state index < -0.39 is 11.6 Å². The molecule has 0 unspecified atom stereocenters. The molecule has 0 aliphatic heterocycles. The average Bonchev–Trinajstić information content (AvgIpc) is 2.70. The Bertz CT molecular complexity index is 508. The second kappa shape index (κ2) is 3.61. The fourth-order valence-electron chi connectivity index (χ4n) is 1.17. The molecule has 1 aromatic carbocycles. The maximum atomic E-state index is 12.9. The number of halogens is 2. The topological polar surface area (TPSA) is 34.9 Å². The molecule has 0 N–H and O–H groups in total. The first-order valence-corrected chi connectivity index (χ1v) is 4.16. The molecule has 5 heteroatoms. The minimum atomic E-state index is -0.948. The van der Waals surface area contributed by atoms with Crippen molar-refractivity contribution in [3.8, 4) is 5.69 Å². The van der Waals surface area contributed by atoms with Crippen LogP contribution in [0.3, 0.4) is 0 Å². The van der Waals surface area contributed by atoms with Crippen LogP contribution in [0.15, 0.2) is 30.6 Å². The maximum Gasteiger partial charge on any atom is 0.160 e. The molecule has 2 aromatic rings. The molecule has 0 aliphatic rings. The summed E-state index contributed by atoms with van der Waals surface area (Å²) in [5.74, 6) is -1.86. The molecule has 1 heterocycles. The highest BCUT2D eigenvalue weighted by Gasteiger charge is 2.05. The Morgan fingerprint density at radius 1 is 1.27 bits per heavy atom. The number of aldehydes is 1. The molecule has 0 bridgehead atoms. The van der Waals surface area contributed by atoms with Crippen molar-refractivity contribution < 1.29 is 13.6 Å². The van der Waals surface area contributed by atoms with Crippen LogP contribution in [0, 0.1) is 11.6 Å². The third-order valence-corrected chi connectivity index (χ3v) is 1.91. The van der Waals surface area contributed by atoms with E-state index in [1.54, 1.807) is 0 Å². The molecule has 15 heavy (non-hydrogen) atoms. The fourth-order valence-corrected chi connectivity index (χ4v) is 1.17. The van der Waals surface area contributed by atoms with Gasteiger partial charge in [0.1, 0.15) is 0 Å². The summed E-state index contributed by atoms with van der Waals surface area (Å²) in [6.45, 7) is 0. The lowest BCUT2D eigenvalue weighted by molar-refractivity contribution is 0.112. The van der Waals surface area contributed by atoms with E-state index in [9.17, 15) is 13.6 Å². The molecule has 76 valence electrons. The van der Waals surface area contributed by atoms with Crippen LogP contribution in [0.5, 0.6) is 0 Å². The summed E-state index contributed by atoms with van der Waals surface area (Å²) in [6.07, 6.45) is 3.40. The summed E-state index contributed by atoms with van der Waals surface area (Å²) in [4.78, 5) is 10.4. The molecule has 0 spiro atoms. The van der Waals surface area contributed by atoms with Gasteiger partial charge in [-0.05, 0) is 12.1 Å². The fraction of sp³-hybridized carbons (Fsp3) is 0. The Kier molecular flexibility index (Phi) is 2.29. The summed E-state index contributed by atoms with van der Waals surface area (Å²) < 4.78 is 26.8. The van der Waals surface area contributed by atoms with Gasteiger partial charge in [0.15, 0.2) is 17.9 Å². The Morgan fingerprint density at radius 3 is 2.67 bits per heavy atom. The first-order valence-electron chi connectivity index (χ1n) is 4.16. The Hall–Kier alpha value is -2.04. The van der Waals surface area contributed by atoms with E-state index in [-0.39, 0.29) is 0 Å². The lowest BCUT2D eigenvalue weighted by Gasteiger charge is -2.00. The van der Waals surface area contributed by atoms with Crippen LogP contribution in [0.4, 0.5) is 8.78 Å². The van der Waals surface area contributed by atoms with Gasteiger partial charge in [-0.25, -0.2) is 13.5 Å². The van der Waals surface area contributed by atoms with E-state index in [0.717, 1.165) is 12.1 Å². The summed E-state index contributed by atoms with van der Waals surface area (Å²) >= 11 is 0. The second-order valence-corrected chi connectivity index (χ2v) is 2.93. The monoisotopic (exact) mass is 208 g/mol. The molecule has 0 saturated carbocycles. The molecule has 0 fully saturated rings. The van der Waals surface area contributed by atoms with Crippen molar-refractivity contribution in [2.75, 3.05) is 0 Å². The number of nitrogens with zero attached hydrogens (tertiary/aromatic N) is 2. The molecule has 0 atom stereocenters. The molecule has 3 nitrogen and oxygen atoms in total. The van der Waals surface area contributed by atoms with Gasteiger partial charge in [-0.3, -0.25) is 4.79 Å². The van der Waals surface area contributed by atoms with Gasteiger partial charge in [-0.15, -0.1) is 0 Å². The van der Waals surface area contributed by atoms with E-state index in [1.807, 2.05) is 0 Å². The van der Waals surface area contributed by atoms with Gasteiger partial charge in [0, 0.05) is 12.3 Å². The third-order valence-electron chi connectivity index (χ3n) is 1.91. The minimum absolute atomic E-state index is 0.363. The largest absolute Gasteiger partial charge is 0.298 e. The van der Waals surface area contributed by atoms with E-state index in [2.05, 4.69) is 5.10 Å². The van der Waals surface area contributed by atoms with Crippen LogP contribution in [0.25, 0.3) is 5.69 Å².